The van der Waals surface area contributed by atoms with E-state index in [9.17, 15) is 4.79 Å². The van der Waals surface area contributed by atoms with Crippen molar-refractivity contribution in [3.05, 3.63) is 64.2 Å². The highest BCUT2D eigenvalue weighted by Crippen LogP contribution is 2.22. The Morgan fingerprint density at radius 3 is 2.17 bits per heavy atom. The highest BCUT2D eigenvalue weighted by molar-refractivity contribution is 6.30. The summed E-state index contributed by atoms with van der Waals surface area (Å²) in [5.74, 6) is 0.0158. The molecule has 0 unspecified atom stereocenters. The first-order valence-corrected chi connectivity index (χ1v) is 8.74. The lowest BCUT2D eigenvalue weighted by molar-refractivity contribution is -0.117. The average Bonchev–Trinajstić information content (AvgIpc) is 2.57. The lowest BCUT2D eigenvalue weighted by atomic mass is 10.0. The number of hydrogen-bond acceptors (Lipinski definition) is 2. The number of anilines is 1. The van der Waals surface area contributed by atoms with Crippen molar-refractivity contribution in [2.75, 3.05) is 18.9 Å². The van der Waals surface area contributed by atoms with E-state index in [-0.39, 0.29) is 5.91 Å². The van der Waals surface area contributed by atoms with Crippen molar-refractivity contribution in [2.45, 2.75) is 33.2 Å². The quantitative estimate of drug-likeness (QED) is 0.800. The van der Waals surface area contributed by atoms with Crippen molar-refractivity contribution < 1.29 is 4.79 Å². The average molecular weight is 345 g/mol. The number of hydrogen-bond donors (Lipinski definition) is 1. The molecule has 0 bridgehead atoms. The summed E-state index contributed by atoms with van der Waals surface area (Å²) in [6, 6.07) is 13.9. The third-order valence-electron chi connectivity index (χ3n) is 4.04. The summed E-state index contributed by atoms with van der Waals surface area (Å²) in [7, 11) is 1.95. The van der Waals surface area contributed by atoms with Crippen LogP contribution in [0.5, 0.6) is 0 Å². The topological polar surface area (TPSA) is 32.3 Å². The lowest BCUT2D eigenvalue weighted by Crippen LogP contribution is -2.30. The summed E-state index contributed by atoms with van der Waals surface area (Å²) in [5, 5.41) is 3.83. The zero-order chi connectivity index (χ0) is 17.5. The standard InChI is InChI=1S/C20H25ClN2O/c1-4-16-7-6-8-17(5-2)20(16)22-19(24)14-23(3)13-15-9-11-18(21)12-10-15/h6-12H,4-5,13-14H2,1-3H3,(H,22,24). The van der Waals surface area contributed by atoms with Crippen LogP contribution < -0.4 is 5.32 Å². The van der Waals surface area contributed by atoms with Gasteiger partial charge in [0.1, 0.15) is 0 Å². The van der Waals surface area contributed by atoms with Gasteiger partial charge in [-0.3, -0.25) is 9.69 Å². The Hall–Kier alpha value is -1.84. The molecule has 0 aliphatic rings. The molecule has 0 saturated carbocycles. The SMILES string of the molecule is CCc1cccc(CC)c1NC(=O)CN(C)Cc1ccc(Cl)cc1. The molecule has 0 fully saturated rings. The number of carbonyl (C=O) groups excluding carboxylic acids is 1. The Kier molecular flexibility index (Phi) is 6.83. The smallest absolute Gasteiger partial charge is 0.238 e. The summed E-state index contributed by atoms with van der Waals surface area (Å²) in [6.07, 6.45) is 1.81. The molecule has 2 aromatic rings. The van der Waals surface area contributed by atoms with Gasteiger partial charge in [0.05, 0.1) is 6.54 Å². The Balaban J connectivity index is 1.99. The summed E-state index contributed by atoms with van der Waals surface area (Å²) >= 11 is 5.90. The number of nitrogens with one attached hydrogen (secondary N) is 1. The maximum atomic E-state index is 12.4. The number of likely N-dealkylation sites (N-methyl/N-ethyl adjacent to an activating group) is 1. The van der Waals surface area contributed by atoms with Crippen LogP contribution >= 0.6 is 11.6 Å². The van der Waals surface area contributed by atoms with Crippen LogP contribution in [0.1, 0.15) is 30.5 Å². The van der Waals surface area contributed by atoms with Gasteiger partial charge in [-0.2, -0.15) is 0 Å². The molecule has 0 aromatic heterocycles. The van der Waals surface area contributed by atoms with Gasteiger partial charge in [0, 0.05) is 17.3 Å². The predicted molar refractivity (Wildman–Crippen MR) is 102 cm³/mol. The van der Waals surface area contributed by atoms with Crippen LogP contribution in [-0.2, 0) is 24.2 Å². The van der Waals surface area contributed by atoms with Crippen LogP contribution in [0, 0.1) is 0 Å². The normalized spacial score (nSPS) is 10.9. The van der Waals surface area contributed by atoms with Crippen molar-refractivity contribution in [1.29, 1.82) is 0 Å². The maximum Gasteiger partial charge on any atom is 0.238 e. The third-order valence-corrected chi connectivity index (χ3v) is 4.29. The largest absolute Gasteiger partial charge is 0.324 e. The summed E-state index contributed by atoms with van der Waals surface area (Å²) in [4.78, 5) is 14.4. The fraction of sp³-hybridized carbons (Fsp3) is 0.350. The molecular formula is C20H25ClN2O. The molecule has 1 amide bonds. The molecule has 0 aliphatic heterocycles. The Labute approximate surface area is 149 Å². The molecule has 24 heavy (non-hydrogen) atoms. The van der Waals surface area contributed by atoms with E-state index in [1.807, 2.05) is 36.2 Å². The minimum atomic E-state index is 0.0158. The Bertz CT molecular complexity index is 660. The third kappa shape index (κ3) is 5.08. The van der Waals surface area contributed by atoms with Crippen molar-refractivity contribution in [2.24, 2.45) is 0 Å². The maximum absolute atomic E-state index is 12.4. The number of rotatable bonds is 7. The fourth-order valence-electron chi connectivity index (χ4n) is 2.78. The van der Waals surface area contributed by atoms with Crippen LogP contribution in [0.25, 0.3) is 0 Å². The molecule has 2 aromatic carbocycles. The van der Waals surface area contributed by atoms with E-state index < -0.39 is 0 Å². The number of amides is 1. The number of benzene rings is 2. The summed E-state index contributed by atoms with van der Waals surface area (Å²) < 4.78 is 0. The lowest BCUT2D eigenvalue weighted by Gasteiger charge is -2.19. The second kappa shape index (κ2) is 8.86. The van der Waals surface area contributed by atoms with Gasteiger partial charge in [-0.25, -0.2) is 0 Å². The van der Waals surface area contributed by atoms with Crippen LogP contribution in [0.4, 0.5) is 5.69 Å². The molecule has 0 radical (unpaired) electrons. The number of halogens is 1. The van der Waals surface area contributed by atoms with Crippen molar-refractivity contribution in [3.63, 3.8) is 0 Å². The van der Waals surface area contributed by atoms with Crippen molar-refractivity contribution in [1.82, 2.24) is 4.90 Å². The van der Waals surface area contributed by atoms with Gasteiger partial charge >= 0.3 is 0 Å². The van der Waals surface area contributed by atoms with Gasteiger partial charge in [0.2, 0.25) is 5.91 Å². The second-order valence-electron chi connectivity index (χ2n) is 6.01. The number of aryl methyl sites for hydroxylation is 2. The number of carbonyl (C=O) groups is 1. The number of nitrogens with zero attached hydrogens (tertiary/aromatic N) is 1. The van der Waals surface area contributed by atoms with Gasteiger partial charge in [0.25, 0.3) is 0 Å². The van der Waals surface area contributed by atoms with E-state index in [1.165, 1.54) is 11.1 Å². The molecule has 0 saturated heterocycles. The monoisotopic (exact) mass is 344 g/mol. The summed E-state index contributed by atoms with van der Waals surface area (Å²) in [5.41, 5.74) is 4.48. The molecule has 128 valence electrons. The first kappa shape index (κ1) is 18.5. The summed E-state index contributed by atoms with van der Waals surface area (Å²) in [6.45, 7) is 5.28. The van der Waals surface area contributed by atoms with Crippen LogP contribution in [0.3, 0.4) is 0 Å². The minimum Gasteiger partial charge on any atom is -0.324 e. The predicted octanol–water partition coefficient (Wildman–Crippen LogP) is 4.54. The zero-order valence-electron chi connectivity index (χ0n) is 14.6. The molecule has 0 aliphatic carbocycles. The van der Waals surface area contributed by atoms with E-state index in [2.05, 4.69) is 37.4 Å². The minimum absolute atomic E-state index is 0.0158. The molecular weight excluding hydrogens is 320 g/mol. The molecule has 0 heterocycles. The first-order chi connectivity index (χ1) is 11.5. The van der Waals surface area contributed by atoms with Crippen molar-refractivity contribution in [3.8, 4) is 0 Å². The molecule has 0 atom stereocenters. The van der Waals surface area contributed by atoms with Gasteiger partial charge in [-0.1, -0.05) is 55.8 Å². The second-order valence-corrected chi connectivity index (χ2v) is 6.44. The zero-order valence-corrected chi connectivity index (χ0v) is 15.4. The van der Waals surface area contributed by atoms with Gasteiger partial charge < -0.3 is 5.32 Å². The molecule has 3 nitrogen and oxygen atoms in total. The van der Waals surface area contributed by atoms with Gasteiger partial charge in [-0.05, 0) is 48.7 Å². The van der Waals surface area contributed by atoms with Crippen LogP contribution in [0.2, 0.25) is 5.02 Å². The van der Waals surface area contributed by atoms with E-state index in [0.29, 0.717) is 13.1 Å². The first-order valence-electron chi connectivity index (χ1n) is 8.37. The van der Waals surface area contributed by atoms with Gasteiger partial charge in [0.15, 0.2) is 0 Å². The Morgan fingerprint density at radius 2 is 1.62 bits per heavy atom. The highest BCUT2D eigenvalue weighted by atomic mass is 35.5. The molecule has 1 N–H and O–H groups in total. The highest BCUT2D eigenvalue weighted by Gasteiger charge is 2.12. The van der Waals surface area contributed by atoms with Crippen molar-refractivity contribution >= 4 is 23.2 Å². The van der Waals surface area contributed by atoms with Crippen LogP contribution in [0.15, 0.2) is 42.5 Å². The van der Waals surface area contributed by atoms with Crippen LogP contribution in [-0.4, -0.2) is 24.4 Å². The van der Waals surface area contributed by atoms with Gasteiger partial charge in [-0.15, -0.1) is 0 Å². The van der Waals surface area contributed by atoms with E-state index in [0.717, 1.165) is 29.1 Å². The van der Waals surface area contributed by atoms with E-state index >= 15 is 0 Å². The van der Waals surface area contributed by atoms with E-state index in [1.54, 1.807) is 0 Å². The fourth-order valence-corrected chi connectivity index (χ4v) is 2.91. The van der Waals surface area contributed by atoms with E-state index in [4.69, 9.17) is 11.6 Å². The molecule has 4 heteroatoms. The molecule has 0 spiro atoms. The molecule has 2 rings (SSSR count). The number of para-hydroxylation sites is 1. The Morgan fingerprint density at radius 1 is 1.04 bits per heavy atom.